The minimum atomic E-state index is -0.481. The summed E-state index contributed by atoms with van der Waals surface area (Å²) in [5.74, 6) is -0.513. The summed E-state index contributed by atoms with van der Waals surface area (Å²) in [5.41, 5.74) is 6.60. The average molecular weight is 538 g/mol. The fourth-order valence-electron chi connectivity index (χ4n) is 3.23. The van der Waals surface area contributed by atoms with Gasteiger partial charge in [-0.15, -0.1) is 0 Å². The van der Waals surface area contributed by atoms with Gasteiger partial charge in [0.2, 0.25) is 0 Å². The van der Waals surface area contributed by atoms with Crippen LogP contribution in [0.5, 0.6) is 5.75 Å². The summed E-state index contributed by atoms with van der Waals surface area (Å²) in [6.45, 7) is 2.78. The van der Waals surface area contributed by atoms with Crippen LogP contribution in [0, 0.1) is 0 Å². The maximum absolute atomic E-state index is 12.5. The van der Waals surface area contributed by atoms with E-state index in [1.165, 1.54) is 12.8 Å². The van der Waals surface area contributed by atoms with Crippen molar-refractivity contribution in [3.63, 3.8) is 0 Å². The number of benzene rings is 3. The minimum Gasteiger partial charge on any atom is -0.492 e. The lowest BCUT2D eigenvalue weighted by molar-refractivity contribution is 0.0846. The zero-order chi connectivity index (χ0) is 25.0. The number of anilines is 1. The first-order chi connectivity index (χ1) is 17.0. The molecule has 0 spiro atoms. The Labute approximate surface area is 213 Å². The summed E-state index contributed by atoms with van der Waals surface area (Å²) in [7, 11) is 0. The molecule has 0 atom stereocenters. The predicted molar refractivity (Wildman–Crippen MR) is 140 cm³/mol. The van der Waals surface area contributed by atoms with Crippen LogP contribution in [0.1, 0.15) is 63.7 Å². The van der Waals surface area contributed by atoms with Crippen molar-refractivity contribution in [2.45, 2.75) is 32.6 Å². The van der Waals surface area contributed by atoms with Gasteiger partial charge in [-0.3, -0.25) is 25.2 Å². The van der Waals surface area contributed by atoms with Crippen LogP contribution in [-0.4, -0.2) is 24.3 Å². The van der Waals surface area contributed by atoms with Crippen LogP contribution in [0.15, 0.2) is 77.3 Å². The average Bonchev–Trinajstić information content (AvgIpc) is 2.88. The topological polar surface area (TPSA) is 96.5 Å². The summed E-state index contributed by atoms with van der Waals surface area (Å²) in [4.78, 5) is 37.1. The van der Waals surface area contributed by atoms with Gasteiger partial charge in [0.15, 0.2) is 0 Å². The van der Waals surface area contributed by atoms with E-state index in [0.29, 0.717) is 39.2 Å². The number of amides is 3. The van der Waals surface area contributed by atoms with Crippen molar-refractivity contribution in [3.8, 4) is 5.75 Å². The van der Waals surface area contributed by atoms with Crippen LogP contribution < -0.4 is 20.9 Å². The van der Waals surface area contributed by atoms with E-state index in [2.05, 4.69) is 39.0 Å². The molecule has 0 aliphatic carbocycles. The van der Waals surface area contributed by atoms with Crippen LogP contribution in [0.25, 0.3) is 0 Å². The molecule has 3 aromatic rings. The first kappa shape index (κ1) is 26.0. The maximum Gasteiger partial charge on any atom is 0.269 e. The molecule has 0 fully saturated rings. The number of halogens is 1. The number of rotatable bonds is 10. The normalized spacial score (nSPS) is 10.3. The Morgan fingerprint density at radius 3 is 2.03 bits per heavy atom. The summed E-state index contributed by atoms with van der Waals surface area (Å²) in [6.07, 6.45) is 4.46. The molecule has 0 aromatic heterocycles. The fourth-order valence-corrected chi connectivity index (χ4v) is 3.72. The number of unbranched alkanes of at least 4 members (excludes halogenated alkanes) is 3. The van der Waals surface area contributed by atoms with E-state index in [-0.39, 0.29) is 5.91 Å². The first-order valence-electron chi connectivity index (χ1n) is 11.5. The SMILES string of the molecule is CCCCCCOc1ccc(C(=O)NNC(=O)c2ccc(NC(=O)c3ccccc3)cc2)cc1Br. The molecule has 0 unspecified atom stereocenters. The fraction of sp³-hybridized carbons (Fsp3) is 0.222. The second-order valence-corrected chi connectivity index (χ2v) is 8.71. The Kier molecular flexibility index (Phi) is 9.86. The van der Waals surface area contributed by atoms with E-state index in [9.17, 15) is 14.4 Å². The molecule has 35 heavy (non-hydrogen) atoms. The maximum atomic E-state index is 12.5. The molecule has 182 valence electrons. The Bertz CT molecular complexity index is 1150. The van der Waals surface area contributed by atoms with Gasteiger partial charge in [0.25, 0.3) is 17.7 Å². The highest BCUT2D eigenvalue weighted by Gasteiger charge is 2.12. The highest BCUT2D eigenvalue weighted by atomic mass is 79.9. The second-order valence-electron chi connectivity index (χ2n) is 7.86. The molecule has 3 rings (SSSR count). The monoisotopic (exact) mass is 537 g/mol. The lowest BCUT2D eigenvalue weighted by Crippen LogP contribution is -2.41. The predicted octanol–water partition coefficient (Wildman–Crippen LogP) is 5.74. The molecule has 0 saturated heterocycles. The van der Waals surface area contributed by atoms with Crippen molar-refractivity contribution >= 4 is 39.3 Å². The van der Waals surface area contributed by atoms with Gasteiger partial charge in [-0.1, -0.05) is 44.4 Å². The molecule has 0 radical (unpaired) electrons. The third kappa shape index (κ3) is 7.96. The number of hydrogen-bond acceptors (Lipinski definition) is 4. The second kappa shape index (κ2) is 13.3. The molecule has 3 N–H and O–H groups in total. The largest absolute Gasteiger partial charge is 0.492 e. The first-order valence-corrected chi connectivity index (χ1v) is 12.3. The molecule has 0 heterocycles. The number of hydrogen-bond donors (Lipinski definition) is 3. The van der Waals surface area contributed by atoms with Gasteiger partial charge in [-0.25, -0.2) is 0 Å². The Balaban J connectivity index is 1.48. The van der Waals surface area contributed by atoms with Crippen molar-refractivity contribution < 1.29 is 19.1 Å². The minimum absolute atomic E-state index is 0.242. The van der Waals surface area contributed by atoms with Crippen molar-refractivity contribution in [3.05, 3.63) is 94.0 Å². The van der Waals surface area contributed by atoms with Crippen molar-refractivity contribution in [1.29, 1.82) is 0 Å². The molecule has 3 amide bonds. The van der Waals surface area contributed by atoms with Crippen LogP contribution in [-0.2, 0) is 0 Å². The van der Waals surface area contributed by atoms with Crippen LogP contribution in [0.3, 0.4) is 0 Å². The van der Waals surface area contributed by atoms with E-state index in [1.807, 2.05) is 6.07 Å². The molecule has 0 saturated carbocycles. The quantitative estimate of drug-likeness (QED) is 0.227. The molecule has 0 aliphatic heterocycles. The molecule has 0 aliphatic rings. The number of carbonyl (C=O) groups is 3. The Hall–Kier alpha value is -3.65. The van der Waals surface area contributed by atoms with Crippen molar-refractivity contribution in [1.82, 2.24) is 10.9 Å². The van der Waals surface area contributed by atoms with Crippen molar-refractivity contribution in [2.24, 2.45) is 0 Å². The highest BCUT2D eigenvalue weighted by Crippen LogP contribution is 2.26. The van der Waals surface area contributed by atoms with Gasteiger partial charge >= 0.3 is 0 Å². The van der Waals surface area contributed by atoms with Crippen molar-refractivity contribution in [2.75, 3.05) is 11.9 Å². The molecule has 0 bridgehead atoms. The molecule has 3 aromatic carbocycles. The van der Waals surface area contributed by atoms with Crippen LogP contribution >= 0.6 is 15.9 Å². The number of ether oxygens (including phenoxy) is 1. The lowest BCUT2D eigenvalue weighted by Gasteiger charge is -2.11. The van der Waals surface area contributed by atoms with Crippen LogP contribution in [0.4, 0.5) is 5.69 Å². The van der Waals surface area contributed by atoms with Gasteiger partial charge in [0.1, 0.15) is 5.75 Å². The van der Waals surface area contributed by atoms with E-state index in [4.69, 9.17) is 4.74 Å². The van der Waals surface area contributed by atoms with E-state index in [1.54, 1.807) is 66.7 Å². The molecular weight excluding hydrogens is 510 g/mol. The van der Waals surface area contributed by atoms with Gasteiger partial charge in [-0.05, 0) is 76.9 Å². The summed E-state index contributed by atoms with van der Waals surface area (Å²) < 4.78 is 6.43. The van der Waals surface area contributed by atoms with E-state index >= 15 is 0 Å². The summed E-state index contributed by atoms with van der Waals surface area (Å²) in [6, 6.07) is 20.2. The number of hydrazine groups is 1. The standard InChI is InChI=1S/C27H28BrN3O4/c1-2-3-4-8-17-35-24-16-13-21(18-23(24)28)27(34)31-30-26(33)20-11-14-22(15-12-20)29-25(32)19-9-6-5-7-10-19/h5-7,9-16,18H,2-4,8,17H2,1H3,(H,29,32)(H,30,33)(H,31,34). The van der Waals surface area contributed by atoms with Crippen LogP contribution in [0.2, 0.25) is 0 Å². The molecular formula is C27H28BrN3O4. The zero-order valence-electron chi connectivity index (χ0n) is 19.5. The van der Waals surface area contributed by atoms with E-state index in [0.717, 1.165) is 12.8 Å². The smallest absolute Gasteiger partial charge is 0.269 e. The van der Waals surface area contributed by atoms with Gasteiger partial charge in [0, 0.05) is 22.4 Å². The van der Waals surface area contributed by atoms with Gasteiger partial charge in [0.05, 0.1) is 11.1 Å². The molecule has 8 heteroatoms. The third-order valence-electron chi connectivity index (χ3n) is 5.18. The van der Waals surface area contributed by atoms with E-state index < -0.39 is 11.8 Å². The number of carbonyl (C=O) groups excluding carboxylic acids is 3. The highest BCUT2D eigenvalue weighted by molar-refractivity contribution is 9.10. The van der Waals surface area contributed by atoms with Gasteiger partial charge < -0.3 is 10.1 Å². The summed E-state index contributed by atoms with van der Waals surface area (Å²) in [5, 5.41) is 2.77. The Morgan fingerprint density at radius 2 is 1.37 bits per heavy atom. The lowest BCUT2D eigenvalue weighted by atomic mass is 10.1. The third-order valence-corrected chi connectivity index (χ3v) is 5.80. The Morgan fingerprint density at radius 1 is 0.743 bits per heavy atom. The molecule has 7 nitrogen and oxygen atoms in total. The zero-order valence-corrected chi connectivity index (χ0v) is 21.1. The summed E-state index contributed by atoms with van der Waals surface area (Å²) >= 11 is 3.43. The van der Waals surface area contributed by atoms with Gasteiger partial charge in [-0.2, -0.15) is 0 Å². The number of nitrogens with one attached hydrogen (secondary N) is 3.